The number of piperidine rings is 1. The monoisotopic (exact) mass is 253 g/mol. The quantitative estimate of drug-likeness (QED) is 0.747. The van der Waals surface area contributed by atoms with Gasteiger partial charge in [0.25, 0.3) is 0 Å². The summed E-state index contributed by atoms with van der Waals surface area (Å²) >= 11 is 0. The van der Waals surface area contributed by atoms with Crippen molar-refractivity contribution in [1.29, 1.82) is 0 Å². The van der Waals surface area contributed by atoms with E-state index in [0.717, 1.165) is 25.4 Å². The van der Waals surface area contributed by atoms with Crippen LogP contribution in [0.3, 0.4) is 0 Å². The predicted molar refractivity (Wildman–Crippen MR) is 73.5 cm³/mol. The van der Waals surface area contributed by atoms with Crippen molar-refractivity contribution >= 4 is 5.91 Å². The lowest BCUT2D eigenvalue weighted by Crippen LogP contribution is -2.45. The standard InChI is InChI=1S/C14H27N3O/c1-15(2)14(18)13-5-4-8-17(13)11-12-6-9-16(3)10-7-12/h12-13H,4-11H2,1-3H3/t13-/m0/s1. The first-order valence-corrected chi connectivity index (χ1v) is 7.21. The van der Waals surface area contributed by atoms with E-state index < -0.39 is 0 Å². The Hall–Kier alpha value is -0.610. The lowest BCUT2D eigenvalue weighted by Gasteiger charge is -2.34. The molecule has 0 aromatic carbocycles. The van der Waals surface area contributed by atoms with Crippen molar-refractivity contribution in [1.82, 2.24) is 14.7 Å². The van der Waals surface area contributed by atoms with Crippen LogP contribution in [0.4, 0.5) is 0 Å². The Morgan fingerprint density at radius 1 is 1.17 bits per heavy atom. The lowest BCUT2D eigenvalue weighted by atomic mass is 9.96. The van der Waals surface area contributed by atoms with Crippen LogP contribution in [0.2, 0.25) is 0 Å². The van der Waals surface area contributed by atoms with Gasteiger partial charge in [0, 0.05) is 20.6 Å². The normalized spacial score (nSPS) is 27.6. The number of amides is 1. The van der Waals surface area contributed by atoms with Gasteiger partial charge in [-0.15, -0.1) is 0 Å². The maximum Gasteiger partial charge on any atom is 0.239 e. The molecule has 2 rings (SSSR count). The Morgan fingerprint density at radius 3 is 2.44 bits per heavy atom. The highest BCUT2D eigenvalue weighted by Crippen LogP contribution is 2.24. The summed E-state index contributed by atoms with van der Waals surface area (Å²) in [6.45, 7) is 4.66. The summed E-state index contributed by atoms with van der Waals surface area (Å²) in [6, 6.07) is 0.152. The number of hydrogen-bond acceptors (Lipinski definition) is 3. The molecule has 2 fully saturated rings. The number of rotatable bonds is 3. The van der Waals surface area contributed by atoms with Gasteiger partial charge in [0.2, 0.25) is 5.91 Å². The second-order valence-corrected chi connectivity index (χ2v) is 6.13. The molecule has 1 amide bonds. The van der Waals surface area contributed by atoms with Gasteiger partial charge in [0.05, 0.1) is 6.04 Å². The molecule has 4 nitrogen and oxygen atoms in total. The second-order valence-electron chi connectivity index (χ2n) is 6.13. The molecule has 104 valence electrons. The van der Waals surface area contributed by atoms with Crippen LogP contribution in [0.15, 0.2) is 0 Å². The summed E-state index contributed by atoms with van der Waals surface area (Å²) in [6.07, 6.45) is 4.80. The first-order valence-electron chi connectivity index (χ1n) is 7.21. The summed E-state index contributed by atoms with van der Waals surface area (Å²) in [7, 11) is 5.94. The predicted octanol–water partition coefficient (Wildman–Crippen LogP) is 0.881. The first kappa shape index (κ1) is 13.8. The summed E-state index contributed by atoms with van der Waals surface area (Å²) in [5, 5.41) is 0. The molecule has 0 spiro atoms. The zero-order valence-electron chi connectivity index (χ0n) is 12.1. The Bertz CT molecular complexity index is 285. The highest BCUT2D eigenvalue weighted by atomic mass is 16.2. The van der Waals surface area contributed by atoms with Crippen molar-refractivity contribution < 1.29 is 4.79 Å². The van der Waals surface area contributed by atoms with E-state index in [1.165, 1.54) is 32.4 Å². The molecule has 1 atom stereocenters. The van der Waals surface area contributed by atoms with Crippen molar-refractivity contribution in [3.63, 3.8) is 0 Å². The average molecular weight is 253 g/mol. The topological polar surface area (TPSA) is 26.8 Å². The number of hydrogen-bond donors (Lipinski definition) is 0. The minimum Gasteiger partial charge on any atom is -0.347 e. The van der Waals surface area contributed by atoms with Crippen molar-refractivity contribution in [2.24, 2.45) is 5.92 Å². The van der Waals surface area contributed by atoms with Crippen molar-refractivity contribution in [2.45, 2.75) is 31.7 Å². The minimum absolute atomic E-state index is 0.152. The molecule has 2 saturated heterocycles. The lowest BCUT2D eigenvalue weighted by molar-refractivity contribution is -0.133. The Balaban J connectivity index is 1.86. The fourth-order valence-corrected chi connectivity index (χ4v) is 3.20. The highest BCUT2D eigenvalue weighted by molar-refractivity contribution is 5.81. The smallest absolute Gasteiger partial charge is 0.239 e. The zero-order valence-corrected chi connectivity index (χ0v) is 12.1. The molecule has 0 aromatic heterocycles. The molecular weight excluding hydrogens is 226 g/mol. The van der Waals surface area contributed by atoms with E-state index in [2.05, 4.69) is 16.8 Å². The summed E-state index contributed by atoms with van der Waals surface area (Å²) in [5.41, 5.74) is 0. The SMILES string of the molecule is CN1CCC(CN2CCC[C@H]2C(=O)N(C)C)CC1. The molecule has 0 saturated carbocycles. The van der Waals surface area contributed by atoms with Crippen LogP contribution in [0.5, 0.6) is 0 Å². The van der Waals surface area contributed by atoms with Gasteiger partial charge < -0.3 is 9.80 Å². The molecule has 0 aromatic rings. The third-order valence-electron chi connectivity index (χ3n) is 4.42. The molecule has 2 heterocycles. The summed E-state index contributed by atoms with van der Waals surface area (Å²) < 4.78 is 0. The zero-order chi connectivity index (χ0) is 13.1. The van der Waals surface area contributed by atoms with E-state index in [9.17, 15) is 4.79 Å². The van der Waals surface area contributed by atoms with E-state index in [4.69, 9.17) is 0 Å². The van der Waals surface area contributed by atoms with E-state index in [1.807, 2.05) is 14.1 Å². The van der Waals surface area contributed by atoms with E-state index in [1.54, 1.807) is 4.90 Å². The van der Waals surface area contributed by atoms with Gasteiger partial charge in [-0.05, 0) is 58.3 Å². The van der Waals surface area contributed by atoms with Gasteiger partial charge in [-0.2, -0.15) is 0 Å². The Morgan fingerprint density at radius 2 is 1.83 bits per heavy atom. The molecule has 0 radical (unpaired) electrons. The van der Waals surface area contributed by atoms with E-state index >= 15 is 0 Å². The van der Waals surface area contributed by atoms with Gasteiger partial charge in [0.15, 0.2) is 0 Å². The molecule has 0 bridgehead atoms. The Labute approximate surface area is 111 Å². The number of carbonyl (C=O) groups is 1. The van der Waals surface area contributed by atoms with Crippen LogP contribution in [-0.2, 0) is 4.79 Å². The minimum atomic E-state index is 0.152. The first-order chi connectivity index (χ1) is 8.58. The van der Waals surface area contributed by atoms with Crippen LogP contribution in [0.1, 0.15) is 25.7 Å². The fraction of sp³-hybridized carbons (Fsp3) is 0.929. The maximum atomic E-state index is 12.1. The Kier molecular flexibility index (Phi) is 4.62. The van der Waals surface area contributed by atoms with Crippen molar-refractivity contribution in [3.05, 3.63) is 0 Å². The van der Waals surface area contributed by atoms with Crippen molar-refractivity contribution in [3.8, 4) is 0 Å². The second kappa shape index (κ2) is 6.02. The summed E-state index contributed by atoms with van der Waals surface area (Å²) in [5.74, 6) is 1.08. The van der Waals surface area contributed by atoms with Crippen LogP contribution in [0, 0.1) is 5.92 Å². The number of likely N-dealkylation sites (N-methyl/N-ethyl adjacent to an activating group) is 1. The average Bonchev–Trinajstić information content (AvgIpc) is 2.79. The molecule has 2 aliphatic heterocycles. The van der Waals surface area contributed by atoms with E-state index in [0.29, 0.717) is 5.91 Å². The van der Waals surface area contributed by atoms with Crippen LogP contribution >= 0.6 is 0 Å². The van der Waals surface area contributed by atoms with Crippen molar-refractivity contribution in [2.75, 3.05) is 47.3 Å². The van der Waals surface area contributed by atoms with E-state index in [-0.39, 0.29) is 6.04 Å². The molecule has 4 heteroatoms. The van der Waals surface area contributed by atoms with Crippen LogP contribution < -0.4 is 0 Å². The molecule has 0 N–H and O–H groups in total. The largest absolute Gasteiger partial charge is 0.347 e. The molecule has 2 aliphatic rings. The molecule has 18 heavy (non-hydrogen) atoms. The van der Waals surface area contributed by atoms with Gasteiger partial charge in [-0.25, -0.2) is 0 Å². The van der Waals surface area contributed by atoms with Crippen LogP contribution in [0.25, 0.3) is 0 Å². The third kappa shape index (κ3) is 3.23. The number of likely N-dealkylation sites (tertiary alicyclic amines) is 2. The third-order valence-corrected chi connectivity index (χ3v) is 4.42. The number of carbonyl (C=O) groups excluding carboxylic acids is 1. The molecular formula is C14H27N3O. The van der Waals surface area contributed by atoms with Gasteiger partial charge in [-0.1, -0.05) is 0 Å². The number of nitrogens with zero attached hydrogens (tertiary/aromatic N) is 3. The van der Waals surface area contributed by atoms with Gasteiger partial charge in [0.1, 0.15) is 0 Å². The highest BCUT2D eigenvalue weighted by Gasteiger charge is 2.33. The molecule has 0 aliphatic carbocycles. The van der Waals surface area contributed by atoms with Gasteiger partial charge in [-0.3, -0.25) is 9.69 Å². The molecule has 0 unspecified atom stereocenters. The fourth-order valence-electron chi connectivity index (χ4n) is 3.20. The van der Waals surface area contributed by atoms with Crippen LogP contribution in [-0.4, -0.2) is 74.0 Å². The maximum absolute atomic E-state index is 12.1. The van der Waals surface area contributed by atoms with Gasteiger partial charge >= 0.3 is 0 Å². The summed E-state index contributed by atoms with van der Waals surface area (Å²) in [4.78, 5) is 18.7.